The molecule has 0 bridgehead atoms. The van der Waals surface area contributed by atoms with Crippen LogP contribution in [0.2, 0.25) is 5.02 Å². The van der Waals surface area contributed by atoms with Gasteiger partial charge in [0.2, 0.25) is 6.04 Å². The zero-order valence-electron chi connectivity index (χ0n) is 24.8. The Labute approximate surface area is 264 Å². The summed E-state index contributed by atoms with van der Waals surface area (Å²) >= 11 is 10.5. The molecule has 1 unspecified atom stereocenters. The average Bonchev–Trinajstić information content (AvgIpc) is 3.64. The highest BCUT2D eigenvalue weighted by molar-refractivity contribution is 9.10. The molecular weight excluding hydrogens is 640 g/mol. The van der Waals surface area contributed by atoms with E-state index in [1.165, 1.54) is 9.58 Å². The SMILES string of the molecule is CCOC(=O)C(C(=O)[C@H]1CCCN1C(=O)OC(C)(C)C)n1cc2c(Cl)cc(-c3ccc(N4CCOCC4)cc3)c(Br)c2n1. The average molecular weight is 676 g/mol. The van der Waals surface area contributed by atoms with Crippen LogP contribution in [0.15, 0.2) is 41.0 Å². The highest BCUT2D eigenvalue weighted by Gasteiger charge is 2.43. The molecule has 2 aromatic carbocycles. The third-order valence-electron chi connectivity index (χ3n) is 7.51. The van der Waals surface area contributed by atoms with Crippen LogP contribution in [0.3, 0.4) is 0 Å². The Kier molecular flexibility index (Phi) is 9.34. The molecule has 3 heterocycles. The maximum atomic E-state index is 14.0. The van der Waals surface area contributed by atoms with Crippen LogP contribution in [0, 0.1) is 0 Å². The van der Waals surface area contributed by atoms with Gasteiger partial charge in [-0.3, -0.25) is 9.69 Å². The van der Waals surface area contributed by atoms with Gasteiger partial charge < -0.3 is 19.1 Å². The van der Waals surface area contributed by atoms with Gasteiger partial charge in [-0.05, 0) is 85.8 Å². The molecule has 0 saturated carbocycles. The summed E-state index contributed by atoms with van der Waals surface area (Å²) in [6, 6.07) is 7.78. The van der Waals surface area contributed by atoms with E-state index in [1.54, 1.807) is 33.9 Å². The first-order chi connectivity index (χ1) is 20.5. The molecule has 1 amide bonds. The summed E-state index contributed by atoms with van der Waals surface area (Å²) < 4.78 is 18.3. The van der Waals surface area contributed by atoms with Gasteiger partial charge in [-0.1, -0.05) is 23.7 Å². The number of anilines is 1. The molecule has 2 saturated heterocycles. The van der Waals surface area contributed by atoms with Crippen molar-refractivity contribution in [2.24, 2.45) is 0 Å². The molecular formula is C31H36BrClN4O6. The maximum Gasteiger partial charge on any atom is 0.410 e. The number of ketones is 1. The standard InChI is InChI=1S/C31H36BrClN4O6/c1-5-42-29(39)27(28(38)24-7-6-12-36(24)30(40)43-31(2,3)4)37-18-22-23(33)17-21(25(32)26(22)34-37)19-8-10-20(11-9-19)35-13-15-41-16-14-35/h8-11,17-18,24,27H,5-7,12-16H2,1-4H3/t24-,27?/m1/s1. The first-order valence-corrected chi connectivity index (χ1v) is 15.7. The molecule has 2 aliphatic rings. The van der Waals surface area contributed by atoms with E-state index in [9.17, 15) is 14.4 Å². The largest absolute Gasteiger partial charge is 0.464 e. The molecule has 2 aliphatic heterocycles. The lowest BCUT2D eigenvalue weighted by Gasteiger charge is -2.29. The number of carbonyl (C=O) groups excluding carboxylic acids is 3. The van der Waals surface area contributed by atoms with E-state index in [2.05, 4.69) is 38.1 Å². The normalized spacial score (nSPS) is 18.1. The predicted octanol–water partition coefficient (Wildman–Crippen LogP) is 6.03. The van der Waals surface area contributed by atoms with Crippen molar-refractivity contribution in [3.05, 3.63) is 46.0 Å². The van der Waals surface area contributed by atoms with Crippen molar-refractivity contribution in [3.8, 4) is 11.1 Å². The summed E-state index contributed by atoms with van der Waals surface area (Å²) in [6.45, 7) is 10.5. The second-order valence-corrected chi connectivity index (χ2v) is 12.8. The van der Waals surface area contributed by atoms with Crippen molar-refractivity contribution >= 4 is 62.0 Å². The van der Waals surface area contributed by atoms with Gasteiger partial charge in [-0.25, -0.2) is 14.3 Å². The van der Waals surface area contributed by atoms with Gasteiger partial charge in [0.25, 0.3) is 0 Å². The Morgan fingerprint density at radius 2 is 1.84 bits per heavy atom. The van der Waals surface area contributed by atoms with Crippen molar-refractivity contribution in [3.63, 3.8) is 0 Å². The molecule has 1 aromatic heterocycles. The molecule has 0 spiro atoms. The third-order valence-corrected chi connectivity index (χ3v) is 8.63. The van der Waals surface area contributed by atoms with Gasteiger partial charge in [-0.15, -0.1) is 0 Å². The summed E-state index contributed by atoms with van der Waals surface area (Å²) in [4.78, 5) is 43.8. The van der Waals surface area contributed by atoms with E-state index < -0.39 is 35.5 Å². The van der Waals surface area contributed by atoms with Crippen LogP contribution in [-0.4, -0.2) is 83.6 Å². The molecule has 3 aromatic rings. The zero-order chi connectivity index (χ0) is 30.9. The molecule has 0 aliphatic carbocycles. The number of morpholine rings is 1. The molecule has 12 heteroatoms. The quantitative estimate of drug-likeness (QED) is 0.221. The van der Waals surface area contributed by atoms with E-state index >= 15 is 0 Å². The minimum atomic E-state index is -1.40. The number of Topliss-reactive ketones (excluding diaryl/α,β-unsaturated/α-hetero) is 1. The number of likely N-dealkylation sites (tertiary alicyclic amines) is 1. The number of rotatable bonds is 7. The minimum Gasteiger partial charge on any atom is -0.464 e. The first-order valence-electron chi connectivity index (χ1n) is 14.5. The third kappa shape index (κ3) is 6.68. The van der Waals surface area contributed by atoms with E-state index in [4.69, 9.17) is 25.8 Å². The highest BCUT2D eigenvalue weighted by atomic mass is 79.9. The number of carbonyl (C=O) groups is 3. The smallest absolute Gasteiger partial charge is 0.410 e. The van der Waals surface area contributed by atoms with Crippen molar-refractivity contribution in [1.29, 1.82) is 0 Å². The zero-order valence-corrected chi connectivity index (χ0v) is 27.1. The fourth-order valence-corrected chi connectivity index (χ4v) is 6.38. The summed E-state index contributed by atoms with van der Waals surface area (Å²) in [5, 5.41) is 5.67. The summed E-state index contributed by atoms with van der Waals surface area (Å²) in [5.74, 6) is -1.23. The van der Waals surface area contributed by atoms with Crippen molar-refractivity contribution in [2.45, 2.75) is 58.2 Å². The predicted molar refractivity (Wildman–Crippen MR) is 168 cm³/mol. The van der Waals surface area contributed by atoms with Gasteiger partial charge in [-0.2, -0.15) is 5.10 Å². The number of halogens is 2. The maximum absolute atomic E-state index is 14.0. The number of aromatic nitrogens is 2. The lowest BCUT2D eigenvalue weighted by Crippen LogP contribution is -2.47. The van der Waals surface area contributed by atoms with Gasteiger partial charge in [0.15, 0.2) is 5.78 Å². The van der Waals surface area contributed by atoms with Crippen LogP contribution in [0.5, 0.6) is 0 Å². The van der Waals surface area contributed by atoms with Crippen LogP contribution in [-0.2, 0) is 23.8 Å². The highest BCUT2D eigenvalue weighted by Crippen LogP contribution is 2.39. The number of hydrogen-bond donors (Lipinski definition) is 0. The van der Waals surface area contributed by atoms with Gasteiger partial charge in [0.05, 0.1) is 35.4 Å². The molecule has 0 radical (unpaired) electrons. The number of hydrogen-bond acceptors (Lipinski definition) is 8. The monoisotopic (exact) mass is 674 g/mol. The molecule has 0 N–H and O–H groups in total. The fourth-order valence-electron chi connectivity index (χ4n) is 5.50. The number of nitrogens with zero attached hydrogens (tertiary/aromatic N) is 4. The van der Waals surface area contributed by atoms with Gasteiger partial charge in [0.1, 0.15) is 11.1 Å². The van der Waals surface area contributed by atoms with Crippen LogP contribution >= 0.6 is 27.5 Å². The van der Waals surface area contributed by atoms with Crippen LogP contribution in [0.4, 0.5) is 10.5 Å². The van der Waals surface area contributed by atoms with Crippen LogP contribution in [0.1, 0.15) is 46.6 Å². The Bertz CT molecular complexity index is 1510. The second-order valence-electron chi connectivity index (χ2n) is 11.6. The van der Waals surface area contributed by atoms with E-state index in [1.807, 2.05) is 18.2 Å². The first kappa shape index (κ1) is 31.3. The fraction of sp³-hybridized carbons (Fsp3) is 0.484. The lowest BCUT2D eigenvalue weighted by atomic mass is 10.0. The Hall–Kier alpha value is -3.15. The summed E-state index contributed by atoms with van der Waals surface area (Å²) in [6.07, 6.45) is 2.01. The number of amides is 1. The van der Waals surface area contributed by atoms with E-state index in [0.717, 1.165) is 29.9 Å². The summed E-state index contributed by atoms with van der Waals surface area (Å²) in [5.41, 5.74) is 2.64. The van der Waals surface area contributed by atoms with Gasteiger partial charge >= 0.3 is 12.1 Å². The van der Waals surface area contributed by atoms with E-state index in [-0.39, 0.29) is 6.61 Å². The number of benzene rings is 2. The molecule has 230 valence electrons. The number of esters is 1. The Balaban J connectivity index is 1.48. The molecule has 2 fully saturated rings. The van der Waals surface area contributed by atoms with Crippen molar-refractivity contribution in [2.75, 3.05) is 44.4 Å². The van der Waals surface area contributed by atoms with Crippen LogP contribution in [0.25, 0.3) is 22.0 Å². The van der Waals surface area contributed by atoms with E-state index in [0.29, 0.717) is 53.0 Å². The van der Waals surface area contributed by atoms with Crippen molar-refractivity contribution < 1.29 is 28.6 Å². The number of ether oxygens (including phenoxy) is 3. The molecule has 43 heavy (non-hydrogen) atoms. The minimum absolute atomic E-state index is 0.0822. The van der Waals surface area contributed by atoms with Crippen molar-refractivity contribution in [1.82, 2.24) is 14.7 Å². The molecule has 5 rings (SSSR count). The Morgan fingerprint density at radius 1 is 1.14 bits per heavy atom. The molecule has 2 atom stereocenters. The second kappa shape index (κ2) is 12.8. The summed E-state index contributed by atoms with van der Waals surface area (Å²) in [7, 11) is 0. The topological polar surface area (TPSA) is 103 Å². The lowest BCUT2D eigenvalue weighted by molar-refractivity contribution is -0.152. The van der Waals surface area contributed by atoms with Crippen LogP contribution < -0.4 is 4.90 Å². The van der Waals surface area contributed by atoms with Gasteiger partial charge in [0, 0.05) is 36.9 Å². The number of fused-ring (bicyclic) bond motifs is 1. The molecule has 10 nitrogen and oxygen atoms in total. The Morgan fingerprint density at radius 3 is 2.49 bits per heavy atom.